The van der Waals surface area contributed by atoms with E-state index >= 15 is 0 Å². The normalized spacial score (nSPS) is 28.4. The SMILES string of the molecule is CC(C)(CO)C1CC(O)CCN1C(C)(C)CO. The second-order valence-electron chi connectivity index (χ2n) is 6.50. The summed E-state index contributed by atoms with van der Waals surface area (Å²) in [7, 11) is 0. The lowest BCUT2D eigenvalue weighted by molar-refractivity contribution is -0.0851. The molecule has 0 spiro atoms. The van der Waals surface area contributed by atoms with Crippen LogP contribution in [0.15, 0.2) is 0 Å². The molecule has 1 fully saturated rings. The molecule has 0 saturated carbocycles. The van der Waals surface area contributed by atoms with Crippen LogP contribution in [-0.2, 0) is 0 Å². The van der Waals surface area contributed by atoms with Crippen LogP contribution in [0.5, 0.6) is 0 Å². The van der Waals surface area contributed by atoms with E-state index in [4.69, 9.17) is 0 Å². The first-order valence-corrected chi connectivity index (χ1v) is 6.41. The van der Waals surface area contributed by atoms with Crippen molar-refractivity contribution in [2.75, 3.05) is 19.8 Å². The maximum absolute atomic E-state index is 9.82. The van der Waals surface area contributed by atoms with Gasteiger partial charge in [0.1, 0.15) is 0 Å². The Kier molecular flexibility index (Phi) is 4.58. The quantitative estimate of drug-likeness (QED) is 0.679. The van der Waals surface area contributed by atoms with Gasteiger partial charge in [0, 0.05) is 30.1 Å². The molecule has 0 aliphatic carbocycles. The van der Waals surface area contributed by atoms with Crippen molar-refractivity contribution in [2.45, 2.75) is 58.2 Å². The zero-order valence-corrected chi connectivity index (χ0v) is 11.5. The van der Waals surface area contributed by atoms with Crippen LogP contribution in [-0.4, -0.2) is 57.7 Å². The number of hydrogen-bond donors (Lipinski definition) is 3. The number of likely N-dealkylation sites (tertiary alicyclic amines) is 1. The van der Waals surface area contributed by atoms with Crippen LogP contribution in [0.1, 0.15) is 40.5 Å². The number of piperidine rings is 1. The predicted octanol–water partition coefficient (Wildman–Crippen LogP) is 0.601. The van der Waals surface area contributed by atoms with Crippen molar-refractivity contribution >= 4 is 0 Å². The lowest BCUT2D eigenvalue weighted by Gasteiger charge is -2.52. The van der Waals surface area contributed by atoms with Crippen LogP contribution in [0, 0.1) is 5.41 Å². The Morgan fingerprint density at radius 3 is 2.18 bits per heavy atom. The summed E-state index contributed by atoms with van der Waals surface area (Å²) in [6.45, 7) is 8.97. The van der Waals surface area contributed by atoms with Gasteiger partial charge in [-0.1, -0.05) is 13.8 Å². The van der Waals surface area contributed by atoms with E-state index in [1.165, 1.54) is 0 Å². The lowest BCUT2D eigenvalue weighted by Crippen LogP contribution is -2.61. The van der Waals surface area contributed by atoms with Crippen molar-refractivity contribution in [3.05, 3.63) is 0 Å². The largest absolute Gasteiger partial charge is 0.396 e. The molecule has 1 heterocycles. The highest BCUT2D eigenvalue weighted by Gasteiger charge is 2.43. The summed E-state index contributed by atoms with van der Waals surface area (Å²) >= 11 is 0. The Hall–Kier alpha value is -0.160. The molecule has 1 aliphatic rings. The minimum Gasteiger partial charge on any atom is -0.396 e. The first-order valence-electron chi connectivity index (χ1n) is 6.41. The molecule has 4 nitrogen and oxygen atoms in total. The molecule has 3 N–H and O–H groups in total. The van der Waals surface area contributed by atoms with E-state index in [-0.39, 0.29) is 36.3 Å². The Bertz CT molecular complexity index is 253. The molecule has 0 aromatic carbocycles. The molecule has 0 amide bonds. The summed E-state index contributed by atoms with van der Waals surface area (Å²) in [4.78, 5) is 2.23. The Balaban J connectivity index is 2.94. The maximum atomic E-state index is 9.82. The molecule has 1 saturated heterocycles. The van der Waals surface area contributed by atoms with Gasteiger partial charge < -0.3 is 15.3 Å². The fourth-order valence-corrected chi connectivity index (χ4v) is 2.61. The molecule has 102 valence electrons. The third-order valence-corrected chi connectivity index (χ3v) is 4.05. The van der Waals surface area contributed by atoms with Gasteiger partial charge in [0.2, 0.25) is 0 Å². The van der Waals surface area contributed by atoms with Gasteiger partial charge >= 0.3 is 0 Å². The smallest absolute Gasteiger partial charge is 0.0610 e. The van der Waals surface area contributed by atoms with Gasteiger partial charge in [-0.05, 0) is 26.7 Å². The molecule has 2 atom stereocenters. The summed E-state index contributed by atoms with van der Waals surface area (Å²) in [5.41, 5.74) is -0.578. The molecular formula is C13H27NO3. The zero-order chi connectivity index (χ0) is 13.3. The molecule has 0 aromatic heterocycles. The average molecular weight is 245 g/mol. The highest BCUT2D eigenvalue weighted by atomic mass is 16.3. The summed E-state index contributed by atoms with van der Waals surface area (Å²) in [5, 5.41) is 28.8. The number of aliphatic hydroxyl groups excluding tert-OH is 3. The highest BCUT2D eigenvalue weighted by Crippen LogP contribution is 2.36. The monoisotopic (exact) mass is 245 g/mol. The maximum Gasteiger partial charge on any atom is 0.0610 e. The summed E-state index contributed by atoms with van der Waals surface area (Å²) < 4.78 is 0. The van der Waals surface area contributed by atoms with Crippen LogP contribution in [0.25, 0.3) is 0 Å². The van der Waals surface area contributed by atoms with Gasteiger partial charge in [0.25, 0.3) is 0 Å². The number of nitrogens with zero attached hydrogens (tertiary/aromatic N) is 1. The number of aliphatic hydroxyl groups is 3. The summed E-state index contributed by atoms with van der Waals surface area (Å²) in [6, 6.07) is 0.0957. The van der Waals surface area contributed by atoms with E-state index in [2.05, 4.69) is 4.90 Å². The van der Waals surface area contributed by atoms with Crippen LogP contribution in [0.4, 0.5) is 0 Å². The number of rotatable bonds is 4. The van der Waals surface area contributed by atoms with Crippen molar-refractivity contribution in [2.24, 2.45) is 5.41 Å². The topological polar surface area (TPSA) is 63.9 Å². The average Bonchev–Trinajstić information content (AvgIpc) is 2.28. The molecule has 1 aliphatic heterocycles. The van der Waals surface area contributed by atoms with Gasteiger partial charge in [-0.15, -0.1) is 0 Å². The molecule has 17 heavy (non-hydrogen) atoms. The van der Waals surface area contributed by atoms with Gasteiger partial charge in [-0.2, -0.15) is 0 Å². The molecule has 0 bridgehead atoms. The van der Waals surface area contributed by atoms with E-state index in [0.717, 1.165) is 13.0 Å². The van der Waals surface area contributed by atoms with Crippen molar-refractivity contribution in [3.63, 3.8) is 0 Å². The molecule has 4 heteroatoms. The van der Waals surface area contributed by atoms with Crippen LogP contribution >= 0.6 is 0 Å². The molecule has 2 unspecified atom stereocenters. The Labute approximate surface area is 104 Å². The van der Waals surface area contributed by atoms with Crippen molar-refractivity contribution in [1.29, 1.82) is 0 Å². The number of hydrogen-bond acceptors (Lipinski definition) is 4. The second-order valence-corrected chi connectivity index (χ2v) is 6.50. The van der Waals surface area contributed by atoms with E-state index in [1.807, 2.05) is 27.7 Å². The minimum atomic E-state index is -0.308. The fourth-order valence-electron chi connectivity index (χ4n) is 2.61. The minimum absolute atomic E-state index is 0.0844. The Morgan fingerprint density at radius 1 is 1.12 bits per heavy atom. The van der Waals surface area contributed by atoms with Crippen LogP contribution in [0.2, 0.25) is 0 Å². The summed E-state index contributed by atoms with van der Waals surface area (Å²) in [5.74, 6) is 0. The standard InChI is InChI=1S/C13H27NO3/c1-12(2,8-15)11-7-10(17)5-6-14(11)13(3,4)9-16/h10-11,15-17H,5-9H2,1-4H3. The first kappa shape index (κ1) is 14.9. The van der Waals surface area contributed by atoms with Gasteiger partial charge in [0.05, 0.1) is 12.7 Å². The fraction of sp³-hybridized carbons (Fsp3) is 1.00. The summed E-state index contributed by atoms with van der Waals surface area (Å²) in [6.07, 6.45) is 1.11. The van der Waals surface area contributed by atoms with E-state index < -0.39 is 0 Å². The van der Waals surface area contributed by atoms with Gasteiger partial charge in [0.15, 0.2) is 0 Å². The van der Waals surface area contributed by atoms with Crippen molar-refractivity contribution in [1.82, 2.24) is 4.90 Å². The zero-order valence-electron chi connectivity index (χ0n) is 11.5. The van der Waals surface area contributed by atoms with Gasteiger partial charge in [-0.25, -0.2) is 0 Å². The third kappa shape index (κ3) is 3.19. The second kappa shape index (κ2) is 5.22. The van der Waals surface area contributed by atoms with Crippen molar-refractivity contribution < 1.29 is 15.3 Å². The molecule has 1 rings (SSSR count). The van der Waals surface area contributed by atoms with Crippen LogP contribution < -0.4 is 0 Å². The van der Waals surface area contributed by atoms with Gasteiger partial charge in [-0.3, -0.25) is 4.90 Å². The highest BCUT2D eigenvalue weighted by molar-refractivity contribution is 4.97. The van der Waals surface area contributed by atoms with E-state index in [1.54, 1.807) is 0 Å². The molecule has 0 aromatic rings. The predicted molar refractivity (Wildman–Crippen MR) is 67.8 cm³/mol. The Morgan fingerprint density at radius 2 is 1.71 bits per heavy atom. The van der Waals surface area contributed by atoms with Crippen LogP contribution in [0.3, 0.4) is 0 Å². The molecular weight excluding hydrogens is 218 g/mol. The molecule has 0 radical (unpaired) electrons. The van der Waals surface area contributed by atoms with E-state index in [0.29, 0.717) is 6.42 Å². The first-order chi connectivity index (χ1) is 7.74. The lowest BCUT2D eigenvalue weighted by atomic mass is 9.76. The van der Waals surface area contributed by atoms with E-state index in [9.17, 15) is 15.3 Å². The van der Waals surface area contributed by atoms with Crippen molar-refractivity contribution in [3.8, 4) is 0 Å². The third-order valence-electron chi connectivity index (χ3n) is 4.05.